The number of aliphatic hydroxyl groups is 1. The Morgan fingerprint density at radius 1 is 1.33 bits per heavy atom. The molecule has 1 rings (SSSR count). The molecule has 0 bridgehead atoms. The van der Waals surface area contributed by atoms with Gasteiger partial charge in [0.2, 0.25) is 10.0 Å². The Bertz CT molecular complexity index is 517. The number of aliphatic hydroxyl groups excluding tert-OH is 1. The van der Waals surface area contributed by atoms with Crippen LogP contribution in [0.15, 0.2) is 23.1 Å². The first-order chi connectivity index (χ1) is 8.30. The van der Waals surface area contributed by atoms with E-state index in [1.54, 1.807) is 13.8 Å². The van der Waals surface area contributed by atoms with E-state index >= 15 is 0 Å². The van der Waals surface area contributed by atoms with Crippen molar-refractivity contribution in [1.29, 1.82) is 0 Å². The van der Waals surface area contributed by atoms with Gasteiger partial charge >= 0.3 is 0 Å². The monoisotopic (exact) mass is 311 g/mol. The molecule has 1 aromatic rings. The molecule has 0 atom stereocenters. The Hall–Kier alpha value is -0.330. The number of nitrogens with zero attached hydrogens (tertiary/aromatic N) is 1. The third kappa shape index (κ3) is 3.36. The standard InChI is InChI=1S/C11H15Cl2NO3S/c1-8(2)14(5-6-15)18(16,17)11-7-9(12)3-4-10(11)13/h3-4,7-8,15H,5-6H2,1-2H3. The van der Waals surface area contributed by atoms with Crippen molar-refractivity contribution in [3.05, 3.63) is 28.2 Å². The minimum atomic E-state index is -3.76. The number of halogens is 2. The molecular formula is C11H15Cl2NO3S. The van der Waals surface area contributed by atoms with E-state index in [0.29, 0.717) is 5.02 Å². The lowest BCUT2D eigenvalue weighted by atomic mass is 10.4. The summed E-state index contributed by atoms with van der Waals surface area (Å²) < 4.78 is 26.0. The van der Waals surface area contributed by atoms with E-state index in [1.807, 2.05) is 0 Å². The van der Waals surface area contributed by atoms with Crippen LogP contribution in [0.25, 0.3) is 0 Å². The number of hydrogen-bond donors (Lipinski definition) is 1. The predicted molar refractivity (Wildman–Crippen MR) is 72.6 cm³/mol. The average molecular weight is 312 g/mol. The molecule has 0 fully saturated rings. The topological polar surface area (TPSA) is 57.6 Å². The van der Waals surface area contributed by atoms with E-state index in [4.69, 9.17) is 28.3 Å². The van der Waals surface area contributed by atoms with E-state index < -0.39 is 10.0 Å². The summed E-state index contributed by atoms with van der Waals surface area (Å²) in [5.74, 6) is 0. The second-order valence-electron chi connectivity index (χ2n) is 4.01. The molecule has 18 heavy (non-hydrogen) atoms. The second-order valence-corrected chi connectivity index (χ2v) is 6.71. The summed E-state index contributed by atoms with van der Waals surface area (Å²) in [5.41, 5.74) is 0. The van der Waals surface area contributed by atoms with Crippen LogP contribution in [0.1, 0.15) is 13.8 Å². The molecule has 0 aliphatic heterocycles. The quantitative estimate of drug-likeness (QED) is 0.908. The largest absolute Gasteiger partial charge is 0.395 e. The number of benzene rings is 1. The molecule has 0 saturated heterocycles. The van der Waals surface area contributed by atoms with Crippen molar-refractivity contribution < 1.29 is 13.5 Å². The Balaban J connectivity index is 3.30. The van der Waals surface area contributed by atoms with Crippen molar-refractivity contribution >= 4 is 33.2 Å². The summed E-state index contributed by atoms with van der Waals surface area (Å²) in [4.78, 5) is -0.0428. The van der Waals surface area contributed by atoms with E-state index in [2.05, 4.69) is 0 Å². The molecule has 0 saturated carbocycles. The van der Waals surface area contributed by atoms with Gasteiger partial charge in [0.15, 0.2) is 0 Å². The van der Waals surface area contributed by atoms with Gasteiger partial charge in [-0.3, -0.25) is 0 Å². The fourth-order valence-corrected chi connectivity index (χ4v) is 3.92. The van der Waals surface area contributed by atoms with Crippen LogP contribution in [-0.2, 0) is 10.0 Å². The molecule has 4 nitrogen and oxygen atoms in total. The molecule has 1 N–H and O–H groups in total. The van der Waals surface area contributed by atoms with Gasteiger partial charge < -0.3 is 5.11 Å². The van der Waals surface area contributed by atoms with Crippen LogP contribution in [0, 0.1) is 0 Å². The molecule has 0 aliphatic carbocycles. The highest BCUT2D eigenvalue weighted by Gasteiger charge is 2.28. The highest BCUT2D eigenvalue weighted by Crippen LogP contribution is 2.28. The van der Waals surface area contributed by atoms with E-state index in [-0.39, 0.29) is 29.1 Å². The van der Waals surface area contributed by atoms with Crippen LogP contribution in [0.5, 0.6) is 0 Å². The maximum Gasteiger partial charge on any atom is 0.244 e. The fraction of sp³-hybridized carbons (Fsp3) is 0.455. The summed E-state index contributed by atoms with van der Waals surface area (Å²) >= 11 is 11.7. The zero-order chi connectivity index (χ0) is 13.9. The van der Waals surface area contributed by atoms with Crippen LogP contribution in [0.2, 0.25) is 10.0 Å². The molecule has 102 valence electrons. The van der Waals surface area contributed by atoms with Gasteiger partial charge in [-0.2, -0.15) is 4.31 Å². The lowest BCUT2D eigenvalue weighted by Gasteiger charge is -2.25. The van der Waals surface area contributed by atoms with Crippen LogP contribution < -0.4 is 0 Å². The molecule has 0 heterocycles. The van der Waals surface area contributed by atoms with Gasteiger partial charge in [0.25, 0.3) is 0 Å². The third-order valence-electron chi connectivity index (χ3n) is 2.38. The minimum Gasteiger partial charge on any atom is -0.395 e. The molecule has 0 aromatic heterocycles. The van der Waals surface area contributed by atoms with Gasteiger partial charge in [-0.05, 0) is 32.0 Å². The molecule has 0 spiro atoms. The molecule has 0 radical (unpaired) electrons. The number of hydrogen-bond acceptors (Lipinski definition) is 3. The second kappa shape index (κ2) is 6.21. The van der Waals surface area contributed by atoms with Gasteiger partial charge in [0.05, 0.1) is 11.6 Å². The zero-order valence-corrected chi connectivity index (χ0v) is 12.4. The van der Waals surface area contributed by atoms with Gasteiger partial charge in [-0.25, -0.2) is 8.42 Å². The lowest BCUT2D eigenvalue weighted by molar-refractivity contribution is 0.236. The minimum absolute atomic E-state index is 0.0167. The van der Waals surface area contributed by atoms with Crippen LogP contribution in [-0.4, -0.2) is 37.0 Å². The summed E-state index contributed by atoms with van der Waals surface area (Å²) in [7, 11) is -3.76. The number of rotatable bonds is 5. The Kier molecular flexibility index (Phi) is 5.43. The molecule has 0 amide bonds. The smallest absolute Gasteiger partial charge is 0.244 e. The van der Waals surface area contributed by atoms with Gasteiger partial charge in [-0.15, -0.1) is 0 Å². The fourth-order valence-electron chi connectivity index (χ4n) is 1.56. The molecule has 7 heteroatoms. The van der Waals surface area contributed by atoms with Crippen LogP contribution in [0.4, 0.5) is 0 Å². The Labute approximate surface area is 117 Å². The third-order valence-corrected chi connectivity index (χ3v) is 5.17. The zero-order valence-electron chi connectivity index (χ0n) is 10.1. The summed E-state index contributed by atoms with van der Waals surface area (Å²) in [5, 5.41) is 9.37. The van der Waals surface area contributed by atoms with Crippen molar-refractivity contribution in [2.24, 2.45) is 0 Å². The van der Waals surface area contributed by atoms with Crippen molar-refractivity contribution in [2.45, 2.75) is 24.8 Å². The first-order valence-electron chi connectivity index (χ1n) is 5.38. The van der Waals surface area contributed by atoms with Crippen molar-refractivity contribution in [1.82, 2.24) is 4.31 Å². The first-order valence-corrected chi connectivity index (χ1v) is 7.58. The van der Waals surface area contributed by atoms with Crippen molar-refractivity contribution in [3.8, 4) is 0 Å². The molecule has 1 aromatic carbocycles. The predicted octanol–water partition coefficient (Wildman–Crippen LogP) is 2.38. The van der Waals surface area contributed by atoms with E-state index in [1.165, 1.54) is 22.5 Å². The number of sulfonamides is 1. The highest BCUT2D eigenvalue weighted by atomic mass is 35.5. The maximum absolute atomic E-state index is 12.4. The van der Waals surface area contributed by atoms with Crippen LogP contribution in [0.3, 0.4) is 0 Å². The maximum atomic E-state index is 12.4. The Morgan fingerprint density at radius 3 is 2.44 bits per heavy atom. The highest BCUT2D eigenvalue weighted by molar-refractivity contribution is 7.89. The normalized spacial score (nSPS) is 12.4. The van der Waals surface area contributed by atoms with E-state index in [9.17, 15) is 8.42 Å². The van der Waals surface area contributed by atoms with Gasteiger partial charge in [-0.1, -0.05) is 23.2 Å². The van der Waals surface area contributed by atoms with Gasteiger partial charge in [0.1, 0.15) is 4.90 Å². The lowest BCUT2D eigenvalue weighted by Crippen LogP contribution is -2.39. The summed E-state index contributed by atoms with van der Waals surface area (Å²) in [6.45, 7) is 3.22. The summed E-state index contributed by atoms with van der Waals surface area (Å²) in [6, 6.07) is 3.99. The van der Waals surface area contributed by atoms with Gasteiger partial charge in [0, 0.05) is 17.6 Å². The molecule has 0 unspecified atom stereocenters. The van der Waals surface area contributed by atoms with Crippen LogP contribution >= 0.6 is 23.2 Å². The molecule has 0 aliphatic rings. The first kappa shape index (κ1) is 15.7. The van der Waals surface area contributed by atoms with Crippen molar-refractivity contribution in [2.75, 3.05) is 13.2 Å². The van der Waals surface area contributed by atoms with Crippen molar-refractivity contribution in [3.63, 3.8) is 0 Å². The SMILES string of the molecule is CC(C)N(CCO)S(=O)(=O)c1cc(Cl)ccc1Cl. The van der Waals surface area contributed by atoms with E-state index in [0.717, 1.165) is 0 Å². The average Bonchev–Trinajstić information content (AvgIpc) is 2.28. The summed E-state index contributed by atoms with van der Waals surface area (Å²) in [6.07, 6.45) is 0. The molecular weight excluding hydrogens is 297 g/mol. The Morgan fingerprint density at radius 2 is 1.94 bits per heavy atom.